The molecule has 1 fully saturated rings. The molecule has 1 unspecified atom stereocenters. The average molecular weight is 362 g/mol. The lowest BCUT2D eigenvalue weighted by atomic mass is 10.1. The monoisotopic (exact) mass is 362 g/mol. The number of hydrogen-bond acceptors (Lipinski definition) is 5. The third-order valence-corrected chi connectivity index (χ3v) is 4.39. The zero-order valence-electron chi connectivity index (χ0n) is 14.3. The molecule has 3 rings (SSSR count). The molecule has 1 saturated heterocycles. The third-order valence-electron chi connectivity index (χ3n) is 4.39. The molecule has 2 N–H and O–H groups in total. The fraction of sp³-hybridized carbons (Fsp3) is 0.400. The Labute approximate surface area is 151 Å². The summed E-state index contributed by atoms with van der Waals surface area (Å²) in [6, 6.07) is 18.8. The van der Waals surface area contributed by atoms with Crippen LogP contribution in [0.1, 0.15) is 11.1 Å². The van der Waals surface area contributed by atoms with Crippen molar-refractivity contribution >= 4 is 0 Å². The van der Waals surface area contributed by atoms with Crippen molar-refractivity contribution in [3.8, 4) is 0 Å². The van der Waals surface area contributed by atoms with Gasteiger partial charge in [-0.05, 0) is 11.1 Å². The number of aliphatic hydroxyl groups is 2. The predicted octanol–water partition coefficient (Wildman–Crippen LogP) is 2.21. The summed E-state index contributed by atoms with van der Waals surface area (Å²) >= 11 is 0. The van der Waals surface area contributed by atoms with Crippen molar-refractivity contribution in [2.24, 2.45) is 0 Å². The Bertz CT molecular complexity index is 668. The number of benzene rings is 2. The van der Waals surface area contributed by atoms with Crippen LogP contribution in [0.25, 0.3) is 0 Å². The average Bonchev–Trinajstić information content (AvgIpc) is 2.98. The van der Waals surface area contributed by atoms with E-state index >= 15 is 0 Å². The second kappa shape index (κ2) is 8.70. The van der Waals surface area contributed by atoms with Crippen molar-refractivity contribution in [1.29, 1.82) is 0 Å². The first kappa shape index (κ1) is 18.9. The molecule has 1 aliphatic heterocycles. The van der Waals surface area contributed by atoms with E-state index in [0.29, 0.717) is 0 Å². The van der Waals surface area contributed by atoms with Gasteiger partial charge in [0.25, 0.3) is 0 Å². The Morgan fingerprint density at radius 1 is 0.923 bits per heavy atom. The molecule has 0 spiro atoms. The SMILES string of the molecule is OC[C@H]1OC(O)(CF)[C@@H](OCc2ccccc2)[C@@H]1OCc1ccccc1. The Hall–Kier alpha value is -1.83. The van der Waals surface area contributed by atoms with Crippen LogP contribution in [0.5, 0.6) is 0 Å². The molecule has 1 heterocycles. The van der Waals surface area contributed by atoms with Crippen molar-refractivity contribution in [3.05, 3.63) is 71.8 Å². The van der Waals surface area contributed by atoms with Gasteiger partial charge in [0.2, 0.25) is 5.79 Å². The maximum absolute atomic E-state index is 13.5. The normalized spacial score (nSPS) is 28.3. The van der Waals surface area contributed by atoms with Gasteiger partial charge in [-0.15, -0.1) is 0 Å². The summed E-state index contributed by atoms with van der Waals surface area (Å²) in [5, 5.41) is 20.1. The summed E-state index contributed by atoms with van der Waals surface area (Å²) in [7, 11) is 0. The van der Waals surface area contributed by atoms with Gasteiger partial charge >= 0.3 is 0 Å². The largest absolute Gasteiger partial charge is 0.394 e. The van der Waals surface area contributed by atoms with Crippen LogP contribution in [0.2, 0.25) is 0 Å². The van der Waals surface area contributed by atoms with Crippen LogP contribution in [0.3, 0.4) is 0 Å². The van der Waals surface area contributed by atoms with Crippen LogP contribution in [0.4, 0.5) is 4.39 Å². The van der Waals surface area contributed by atoms with Gasteiger partial charge in [-0.2, -0.15) is 0 Å². The van der Waals surface area contributed by atoms with E-state index in [1.165, 1.54) is 0 Å². The van der Waals surface area contributed by atoms with Gasteiger partial charge < -0.3 is 24.4 Å². The minimum atomic E-state index is -2.15. The van der Waals surface area contributed by atoms with Gasteiger partial charge in [0, 0.05) is 0 Å². The van der Waals surface area contributed by atoms with E-state index < -0.39 is 37.4 Å². The highest BCUT2D eigenvalue weighted by Gasteiger charge is 2.56. The quantitative estimate of drug-likeness (QED) is 0.754. The summed E-state index contributed by atoms with van der Waals surface area (Å²) in [5.74, 6) is -2.15. The van der Waals surface area contributed by atoms with Crippen molar-refractivity contribution in [2.45, 2.75) is 37.3 Å². The summed E-state index contributed by atoms with van der Waals surface area (Å²) in [6.07, 6.45) is -2.74. The Kier molecular flexibility index (Phi) is 6.34. The molecule has 0 aromatic heterocycles. The molecule has 1 aliphatic rings. The molecule has 140 valence electrons. The molecular formula is C20H23FO5. The highest BCUT2D eigenvalue weighted by Crippen LogP contribution is 2.35. The predicted molar refractivity (Wildman–Crippen MR) is 92.9 cm³/mol. The van der Waals surface area contributed by atoms with E-state index in [2.05, 4.69) is 0 Å². The molecule has 0 saturated carbocycles. The Morgan fingerprint density at radius 2 is 1.46 bits per heavy atom. The number of alkyl halides is 1. The molecule has 5 nitrogen and oxygen atoms in total. The molecule has 6 heteroatoms. The summed E-state index contributed by atoms with van der Waals surface area (Å²) < 4.78 is 30.5. The third kappa shape index (κ3) is 4.28. The fourth-order valence-electron chi connectivity index (χ4n) is 3.04. The molecule has 2 aromatic rings. The zero-order chi connectivity index (χ0) is 18.4. The molecule has 0 radical (unpaired) electrons. The second-order valence-electron chi connectivity index (χ2n) is 6.30. The van der Waals surface area contributed by atoms with Crippen LogP contribution < -0.4 is 0 Å². The lowest BCUT2D eigenvalue weighted by Gasteiger charge is -2.28. The molecular weight excluding hydrogens is 339 g/mol. The number of aliphatic hydroxyl groups excluding tert-OH is 1. The van der Waals surface area contributed by atoms with Crippen LogP contribution in [0.15, 0.2) is 60.7 Å². The number of ether oxygens (including phenoxy) is 3. The molecule has 0 aliphatic carbocycles. The smallest absolute Gasteiger partial charge is 0.224 e. The van der Waals surface area contributed by atoms with E-state index in [4.69, 9.17) is 14.2 Å². The van der Waals surface area contributed by atoms with Gasteiger partial charge in [0.1, 0.15) is 25.0 Å². The minimum absolute atomic E-state index is 0.167. The standard InChI is InChI=1S/C20H23FO5/c21-14-20(23)19(25-13-16-9-5-2-6-10-16)18(17(11-22)26-20)24-12-15-7-3-1-4-8-15/h1-10,17-19,22-23H,11-14H2/t17-,18-,19+,20?/m1/s1. The van der Waals surface area contributed by atoms with Crippen molar-refractivity contribution in [3.63, 3.8) is 0 Å². The highest BCUT2D eigenvalue weighted by atomic mass is 19.1. The van der Waals surface area contributed by atoms with Gasteiger partial charge in [-0.25, -0.2) is 4.39 Å². The van der Waals surface area contributed by atoms with Gasteiger partial charge in [0.05, 0.1) is 19.8 Å². The highest BCUT2D eigenvalue weighted by molar-refractivity contribution is 5.15. The molecule has 0 amide bonds. The van der Waals surface area contributed by atoms with Crippen molar-refractivity contribution < 1.29 is 28.8 Å². The van der Waals surface area contributed by atoms with Crippen LogP contribution in [-0.4, -0.2) is 47.6 Å². The maximum Gasteiger partial charge on any atom is 0.224 e. The lowest BCUT2D eigenvalue weighted by Crippen LogP contribution is -2.47. The summed E-state index contributed by atoms with van der Waals surface area (Å²) in [4.78, 5) is 0. The van der Waals surface area contributed by atoms with Gasteiger partial charge in [-0.3, -0.25) is 0 Å². The van der Waals surface area contributed by atoms with Crippen LogP contribution in [-0.2, 0) is 27.4 Å². The van der Waals surface area contributed by atoms with E-state index in [1.54, 1.807) is 0 Å². The molecule has 2 aromatic carbocycles. The summed E-state index contributed by atoms with van der Waals surface area (Å²) in [6.45, 7) is -1.17. The zero-order valence-corrected chi connectivity index (χ0v) is 14.3. The van der Waals surface area contributed by atoms with Gasteiger partial charge in [0.15, 0.2) is 0 Å². The van der Waals surface area contributed by atoms with E-state index in [9.17, 15) is 14.6 Å². The fourth-order valence-corrected chi connectivity index (χ4v) is 3.04. The Morgan fingerprint density at radius 3 is 1.96 bits per heavy atom. The topological polar surface area (TPSA) is 68.2 Å². The minimum Gasteiger partial charge on any atom is -0.394 e. The van der Waals surface area contributed by atoms with Crippen molar-refractivity contribution in [1.82, 2.24) is 0 Å². The second-order valence-corrected chi connectivity index (χ2v) is 6.30. The number of rotatable bonds is 8. The Balaban J connectivity index is 1.73. The maximum atomic E-state index is 13.5. The van der Waals surface area contributed by atoms with Crippen LogP contribution >= 0.6 is 0 Å². The first-order chi connectivity index (χ1) is 12.7. The molecule has 0 bridgehead atoms. The first-order valence-electron chi connectivity index (χ1n) is 8.54. The first-order valence-corrected chi connectivity index (χ1v) is 8.54. The summed E-state index contributed by atoms with van der Waals surface area (Å²) in [5.41, 5.74) is 1.80. The molecule has 4 atom stereocenters. The van der Waals surface area contributed by atoms with E-state index in [0.717, 1.165) is 11.1 Å². The van der Waals surface area contributed by atoms with Crippen LogP contribution in [0, 0.1) is 0 Å². The number of halogens is 1. The number of hydrogen-bond donors (Lipinski definition) is 2. The lowest BCUT2D eigenvalue weighted by molar-refractivity contribution is -0.249. The van der Waals surface area contributed by atoms with Crippen molar-refractivity contribution in [2.75, 3.05) is 13.3 Å². The van der Waals surface area contributed by atoms with E-state index in [-0.39, 0.29) is 13.2 Å². The van der Waals surface area contributed by atoms with E-state index in [1.807, 2.05) is 60.7 Å². The van der Waals surface area contributed by atoms with Gasteiger partial charge in [-0.1, -0.05) is 60.7 Å². The molecule has 26 heavy (non-hydrogen) atoms.